The molecule has 4 aromatic carbocycles. The van der Waals surface area contributed by atoms with Crippen LogP contribution in [0.4, 0.5) is 10.7 Å². The molecule has 2 N–H and O–H groups in total. The summed E-state index contributed by atoms with van der Waals surface area (Å²) in [6.07, 6.45) is 0. The lowest BCUT2D eigenvalue weighted by molar-refractivity contribution is 0.505. The molecule has 1 aliphatic rings. The van der Waals surface area contributed by atoms with Gasteiger partial charge in [0.2, 0.25) is 0 Å². The number of benzene rings is 4. The molecule has 0 fully saturated rings. The standard InChI is InChI=1S/C31H20Cl2N2O2S/c32-20-13-11-18(12-14-20)25-26(28(36)19-7-3-1-4-8-19)30(34)35(22-9-5-2-6-10-22)31-27(25)29(37)23-16-15-21(33)17-24(23)38-31/h1-17,25,34,36H/b28-26-,34-30?/t25-/m0/s1. The number of amidine groups is 1. The van der Waals surface area contributed by atoms with Crippen LogP contribution in [0.15, 0.2) is 113 Å². The van der Waals surface area contributed by atoms with Crippen molar-refractivity contribution in [3.8, 4) is 0 Å². The Labute approximate surface area is 233 Å². The number of halogens is 2. The third-order valence-electron chi connectivity index (χ3n) is 6.65. The molecular weight excluding hydrogens is 535 g/mol. The maximum Gasteiger partial charge on any atom is 0.194 e. The van der Waals surface area contributed by atoms with E-state index in [4.69, 9.17) is 23.2 Å². The molecule has 0 radical (unpaired) electrons. The Morgan fingerprint density at radius 2 is 1.47 bits per heavy atom. The number of hydrogen-bond donors (Lipinski definition) is 2. The molecule has 4 nitrogen and oxygen atoms in total. The molecule has 186 valence electrons. The van der Waals surface area contributed by atoms with Gasteiger partial charge in [-0.05, 0) is 48.0 Å². The van der Waals surface area contributed by atoms with Crippen LogP contribution in [0, 0.1) is 5.41 Å². The van der Waals surface area contributed by atoms with E-state index in [1.807, 2.05) is 60.7 Å². The lowest BCUT2D eigenvalue weighted by atomic mass is 9.80. The van der Waals surface area contributed by atoms with Gasteiger partial charge in [-0.25, -0.2) is 0 Å². The van der Waals surface area contributed by atoms with Gasteiger partial charge in [-0.15, -0.1) is 11.3 Å². The van der Waals surface area contributed by atoms with Gasteiger partial charge in [0.25, 0.3) is 0 Å². The van der Waals surface area contributed by atoms with Crippen LogP contribution in [0.3, 0.4) is 0 Å². The van der Waals surface area contributed by atoms with Gasteiger partial charge >= 0.3 is 0 Å². The van der Waals surface area contributed by atoms with Crippen molar-refractivity contribution in [3.63, 3.8) is 0 Å². The SMILES string of the molecule is N=C1/C(=C(\O)c2ccccc2)[C@H](c2ccc(Cl)cc2)c2c(sc3cc(Cl)ccc3c2=O)N1c1ccccc1. The van der Waals surface area contributed by atoms with E-state index in [-0.39, 0.29) is 17.0 Å². The highest BCUT2D eigenvalue weighted by molar-refractivity contribution is 7.22. The molecule has 2 heterocycles. The van der Waals surface area contributed by atoms with Gasteiger partial charge in [0.1, 0.15) is 16.6 Å². The molecule has 0 spiro atoms. The number of hydrogen-bond acceptors (Lipinski definition) is 4. The first-order valence-corrected chi connectivity index (χ1v) is 13.5. The smallest absolute Gasteiger partial charge is 0.194 e. The fraction of sp³-hybridized carbons (Fsp3) is 0.0323. The van der Waals surface area contributed by atoms with Crippen LogP contribution in [0.5, 0.6) is 0 Å². The second kappa shape index (κ2) is 9.76. The topological polar surface area (TPSA) is 64.4 Å². The van der Waals surface area contributed by atoms with E-state index in [9.17, 15) is 15.3 Å². The van der Waals surface area contributed by atoms with Crippen molar-refractivity contribution >= 4 is 66.9 Å². The van der Waals surface area contributed by atoms with Crippen LogP contribution in [-0.2, 0) is 0 Å². The first kappa shape index (κ1) is 24.4. The summed E-state index contributed by atoms with van der Waals surface area (Å²) < 4.78 is 0.726. The highest BCUT2D eigenvalue weighted by Gasteiger charge is 2.40. The van der Waals surface area contributed by atoms with Crippen molar-refractivity contribution in [3.05, 3.63) is 146 Å². The number of nitrogens with zero attached hydrogens (tertiary/aromatic N) is 1. The van der Waals surface area contributed by atoms with E-state index in [1.165, 1.54) is 11.3 Å². The van der Waals surface area contributed by atoms with Crippen molar-refractivity contribution in [2.24, 2.45) is 0 Å². The Kier molecular flexibility index (Phi) is 6.28. The van der Waals surface area contributed by atoms with Gasteiger partial charge in [-0.2, -0.15) is 0 Å². The first-order chi connectivity index (χ1) is 18.4. The molecular formula is C31H20Cl2N2O2S. The summed E-state index contributed by atoms with van der Waals surface area (Å²) in [6.45, 7) is 0. The molecule has 0 aliphatic carbocycles. The maximum atomic E-state index is 14.3. The number of rotatable bonds is 3. The van der Waals surface area contributed by atoms with Crippen molar-refractivity contribution in [1.29, 1.82) is 5.41 Å². The lowest BCUT2D eigenvalue weighted by Gasteiger charge is -2.37. The maximum absolute atomic E-state index is 14.3. The van der Waals surface area contributed by atoms with E-state index in [2.05, 4.69) is 0 Å². The zero-order chi connectivity index (χ0) is 26.4. The Morgan fingerprint density at radius 3 is 2.16 bits per heavy atom. The van der Waals surface area contributed by atoms with E-state index in [0.717, 1.165) is 10.3 Å². The van der Waals surface area contributed by atoms with Crippen molar-refractivity contribution in [2.45, 2.75) is 5.92 Å². The van der Waals surface area contributed by atoms with Gasteiger partial charge in [-0.3, -0.25) is 15.1 Å². The van der Waals surface area contributed by atoms with E-state index in [1.54, 1.807) is 47.4 Å². The molecule has 1 aromatic heterocycles. The third-order valence-corrected chi connectivity index (χ3v) is 8.29. The number of anilines is 2. The number of fused-ring (bicyclic) bond motifs is 2. The Bertz CT molecular complexity index is 1780. The summed E-state index contributed by atoms with van der Waals surface area (Å²) in [4.78, 5) is 16.0. The Balaban J connectivity index is 1.76. The summed E-state index contributed by atoms with van der Waals surface area (Å²) in [6, 6.07) is 31.0. The summed E-state index contributed by atoms with van der Waals surface area (Å²) in [5, 5.41) is 23.4. The highest BCUT2D eigenvalue weighted by atomic mass is 35.5. The third kappa shape index (κ3) is 4.09. The molecule has 6 rings (SSSR count). The molecule has 5 aromatic rings. The van der Waals surface area contributed by atoms with Gasteiger partial charge in [0, 0.05) is 48.4 Å². The second-order valence-electron chi connectivity index (χ2n) is 8.92. The number of nitrogens with one attached hydrogen (secondary N) is 1. The fourth-order valence-corrected chi connectivity index (χ4v) is 6.54. The quantitative estimate of drug-likeness (QED) is 0.219. The molecule has 7 heteroatoms. The zero-order valence-electron chi connectivity index (χ0n) is 19.9. The minimum Gasteiger partial charge on any atom is -0.507 e. The molecule has 1 atom stereocenters. The molecule has 0 amide bonds. The average molecular weight is 555 g/mol. The van der Waals surface area contributed by atoms with Crippen LogP contribution >= 0.6 is 34.5 Å². The fourth-order valence-electron chi connectivity index (χ4n) is 4.91. The predicted molar refractivity (Wildman–Crippen MR) is 159 cm³/mol. The molecule has 0 bridgehead atoms. The number of para-hydroxylation sites is 1. The van der Waals surface area contributed by atoms with E-state index < -0.39 is 5.92 Å². The minimum absolute atomic E-state index is 0.0530. The molecule has 0 saturated heterocycles. The largest absolute Gasteiger partial charge is 0.507 e. The van der Waals surface area contributed by atoms with E-state index in [0.29, 0.717) is 42.8 Å². The zero-order valence-corrected chi connectivity index (χ0v) is 22.2. The first-order valence-electron chi connectivity index (χ1n) is 11.9. The van der Waals surface area contributed by atoms with Gasteiger partial charge < -0.3 is 5.11 Å². The summed E-state index contributed by atoms with van der Waals surface area (Å²) in [7, 11) is 0. The lowest BCUT2D eigenvalue weighted by Crippen LogP contribution is -2.38. The van der Waals surface area contributed by atoms with Gasteiger partial charge in [0.05, 0.1) is 0 Å². The Morgan fingerprint density at radius 1 is 0.842 bits per heavy atom. The molecule has 1 aliphatic heterocycles. The molecule has 0 saturated carbocycles. The number of aliphatic hydroxyl groups excluding tert-OH is 1. The van der Waals surface area contributed by atoms with Crippen molar-refractivity contribution < 1.29 is 5.11 Å². The van der Waals surface area contributed by atoms with Gasteiger partial charge in [-0.1, -0.05) is 83.9 Å². The number of aliphatic hydroxyl groups is 1. The summed E-state index contributed by atoms with van der Waals surface area (Å²) >= 11 is 13.9. The van der Waals surface area contributed by atoms with Crippen molar-refractivity contribution in [1.82, 2.24) is 0 Å². The predicted octanol–water partition coefficient (Wildman–Crippen LogP) is 8.80. The molecule has 38 heavy (non-hydrogen) atoms. The van der Waals surface area contributed by atoms with Gasteiger partial charge in [0.15, 0.2) is 5.43 Å². The Hall–Kier alpha value is -3.90. The second-order valence-corrected chi connectivity index (χ2v) is 10.8. The van der Waals surface area contributed by atoms with Crippen LogP contribution in [0.25, 0.3) is 15.8 Å². The minimum atomic E-state index is -0.696. The van der Waals surface area contributed by atoms with Crippen LogP contribution in [0.2, 0.25) is 10.0 Å². The van der Waals surface area contributed by atoms with Crippen LogP contribution < -0.4 is 10.3 Å². The molecule has 0 unspecified atom stereocenters. The van der Waals surface area contributed by atoms with Crippen molar-refractivity contribution in [2.75, 3.05) is 4.90 Å². The monoisotopic (exact) mass is 554 g/mol. The summed E-state index contributed by atoms with van der Waals surface area (Å²) in [5.41, 5.74) is 2.69. The highest BCUT2D eigenvalue weighted by Crippen LogP contribution is 2.49. The summed E-state index contributed by atoms with van der Waals surface area (Å²) in [5.74, 6) is -0.663. The average Bonchev–Trinajstić information content (AvgIpc) is 2.93. The van der Waals surface area contributed by atoms with Crippen LogP contribution in [0.1, 0.15) is 22.6 Å². The van der Waals surface area contributed by atoms with Crippen LogP contribution in [-0.4, -0.2) is 10.9 Å². The van der Waals surface area contributed by atoms with E-state index >= 15 is 0 Å². The normalized spacial score (nSPS) is 16.4.